The third kappa shape index (κ3) is 2.48. The van der Waals surface area contributed by atoms with E-state index in [-0.39, 0.29) is 5.91 Å². The number of hydrogen-bond donors (Lipinski definition) is 0. The third-order valence-electron chi connectivity index (χ3n) is 3.05. The highest BCUT2D eigenvalue weighted by atomic mass is 79.9. The smallest absolute Gasteiger partial charge is 0.253 e. The minimum atomic E-state index is 0.103. The largest absolute Gasteiger partial charge is 0.339 e. The summed E-state index contributed by atoms with van der Waals surface area (Å²) in [6.45, 7) is 0. The zero-order valence-electron chi connectivity index (χ0n) is 9.04. The maximum Gasteiger partial charge on any atom is 0.253 e. The molecule has 16 heavy (non-hydrogen) atoms. The summed E-state index contributed by atoms with van der Waals surface area (Å²) >= 11 is 6.80. The van der Waals surface area contributed by atoms with Crippen LogP contribution in [0.15, 0.2) is 27.1 Å². The first-order chi connectivity index (χ1) is 7.58. The Kier molecular flexibility index (Phi) is 3.70. The first-order valence-corrected chi connectivity index (χ1v) is 6.90. The van der Waals surface area contributed by atoms with Gasteiger partial charge in [0.2, 0.25) is 0 Å². The number of halogens is 2. The quantitative estimate of drug-likeness (QED) is 0.796. The molecule has 1 fully saturated rings. The number of benzene rings is 1. The topological polar surface area (TPSA) is 20.3 Å². The molecule has 2 rings (SSSR count). The van der Waals surface area contributed by atoms with Gasteiger partial charge in [-0.1, -0.05) is 31.9 Å². The monoisotopic (exact) mass is 345 g/mol. The SMILES string of the molecule is CN(C(=O)c1cc(Br)cc(Br)c1)C1CCC1. The molecule has 4 heteroatoms. The highest BCUT2D eigenvalue weighted by Gasteiger charge is 2.26. The number of nitrogens with zero attached hydrogens (tertiary/aromatic N) is 1. The van der Waals surface area contributed by atoms with Gasteiger partial charge in [-0.05, 0) is 37.5 Å². The Morgan fingerprint density at radius 2 is 1.81 bits per heavy atom. The van der Waals surface area contributed by atoms with Crippen LogP contribution in [0.1, 0.15) is 29.6 Å². The predicted octanol–water partition coefficient (Wildman–Crippen LogP) is 3.84. The van der Waals surface area contributed by atoms with Crippen molar-refractivity contribution in [1.29, 1.82) is 0 Å². The highest BCUT2D eigenvalue weighted by molar-refractivity contribution is 9.11. The van der Waals surface area contributed by atoms with Crippen LogP contribution in [0.2, 0.25) is 0 Å². The number of hydrogen-bond acceptors (Lipinski definition) is 1. The average molecular weight is 347 g/mol. The van der Waals surface area contributed by atoms with Gasteiger partial charge in [-0.25, -0.2) is 0 Å². The van der Waals surface area contributed by atoms with Crippen LogP contribution in [-0.2, 0) is 0 Å². The molecule has 0 unspecified atom stereocenters. The average Bonchev–Trinajstić information content (AvgIpc) is 2.12. The lowest BCUT2D eigenvalue weighted by molar-refractivity contribution is 0.0652. The van der Waals surface area contributed by atoms with Crippen LogP contribution in [0, 0.1) is 0 Å². The van der Waals surface area contributed by atoms with Gasteiger partial charge in [0.25, 0.3) is 5.91 Å². The van der Waals surface area contributed by atoms with Gasteiger partial charge in [0.1, 0.15) is 0 Å². The maximum absolute atomic E-state index is 12.2. The molecule has 1 aromatic carbocycles. The van der Waals surface area contributed by atoms with Crippen molar-refractivity contribution in [2.45, 2.75) is 25.3 Å². The van der Waals surface area contributed by atoms with E-state index in [1.165, 1.54) is 6.42 Å². The molecular weight excluding hydrogens is 334 g/mol. The summed E-state index contributed by atoms with van der Waals surface area (Å²) in [6, 6.07) is 6.09. The van der Waals surface area contributed by atoms with E-state index < -0.39 is 0 Å². The fourth-order valence-corrected chi connectivity index (χ4v) is 3.11. The van der Waals surface area contributed by atoms with Gasteiger partial charge in [0, 0.05) is 27.6 Å². The Hall–Kier alpha value is -0.350. The van der Waals surface area contributed by atoms with E-state index in [2.05, 4.69) is 31.9 Å². The van der Waals surface area contributed by atoms with Gasteiger partial charge in [-0.3, -0.25) is 4.79 Å². The second-order valence-corrected chi connectivity index (χ2v) is 5.99. The van der Waals surface area contributed by atoms with Crippen molar-refractivity contribution in [3.05, 3.63) is 32.7 Å². The molecular formula is C12H13Br2NO. The third-order valence-corrected chi connectivity index (χ3v) is 3.97. The number of carbonyl (C=O) groups excluding carboxylic acids is 1. The van der Waals surface area contributed by atoms with E-state index in [9.17, 15) is 4.79 Å². The van der Waals surface area contributed by atoms with Crippen molar-refractivity contribution < 1.29 is 4.79 Å². The maximum atomic E-state index is 12.2. The van der Waals surface area contributed by atoms with Crippen molar-refractivity contribution >= 4 is 37.8 Å². The number of amides is 1. The van der Waals surface area contributed by atoms with Gasteiger partial charge in [0.15, 0.2) is 0 Å². The molecule has 0 atom stereocenters. The van der Waals surface area contributed by atoms with E-state index in [1.54, 1.807) is 0 Å². The molecule has 0 heterocycles. The lowest BCUT2D eigenvalue weighted by atomic mass is 9.91. The molecule has 2 nitrogen and oxygen atoms in total. The summed E-state index contributed by atoms with van der Waals surface area (Å²) in [5.74, 6) is 0.103. The Morgan fingerprint density at radius 3 is 2.25 bits per heavy atom. The minimum Gasteiger partial charge on any atom is -0.339 e. The van der Waals surface area contributed by atoms with E-state index in [0.717, 1.165) is 27.4 Å². The van der Waals surface area contributed by atoms with Crippen molar-refractivity contribution in [2.24, 2.45) is 0 Å². The van der Waals surface area contributed by atoms with Crippen molar-refractivity contribution in [1.82, 2.24) is 4.90 Å². The van der Waals surface area contributed by atoms with Crippen molar-refractivity contribution in [3.63, 3.8) is 0 Å². The molecule has 1 aliphatic rings. The first kappa shape index (κ1) is 12.1. The van der Waals surface area contributed by atoms with Crippen LogP contribution in [0.3, 0.4) is 0 Å². The number of rotatable bonds is 2. The molecule has 1 aliphatic carbocycles. The highest BCUT2D eigenvalue weighted by Crippen LogP contribution is 2.26. The van der Waals surface area contributed by atoms with Crippen LogP contribution in [0.4, 0.5) is 0 Å². The summed E-state index contributed by atoms with van der Waals surface area (Å²) in [5.41, 5.74) is 0.732. The molecule has 0 radical (unpaired) electrons. The fraction of sp³-hybridized carbons (Fsp3) is 0.417. The van der Waals surface area contributed by atoms with Crippen LogP contribution in [0.5, 0.6) is 0 Å². The Labute approximate surface area is 112 Å². The lowest BCUT2D eigenvalue weighted by Gasteiger charge is -2.34. The Bertz CT molecular complexity index is 395. The van der Waals surface area contributed by atoms with Gasteiger partial charge in [-0.2, -0.15) is 0 Å². The fourth-order valence-electron chi connectivity index (χ4n) is 1.82. The van der Waals surface area contributed by atoms with Gasteiger partial charge < -0.3 is 4.90 Å². The van der Waals surface area contributed by atoms with Crippen LogP contribution < -0.4 is 0 Å². The molecule has 0 aliphatic heterocycles. The zero-order valence-corrected chi connectivity index (χ0v) is 12.2. The Morgan fingerprint density at radius 1 is 1.25 bits per heavy atom. The molecule has 1 amide bonds. The molecule has 0 saturated heterocycles. The summed E-state index contributed by atoms with van der Waals surface area (Å²) in [6.07, 6.45) is 3.51. The molecule has 0 bridgehead atoms. The van der Waals surface area contributed by atoms with Crippen molar-refractivity contribution in [2.75, 3.05) is 7.05 Å². The van der Waals surface area contributed by atoms with E-state index in [0.29, 0.717) is 6.04 Å². The van der Waals surface area contributed by atoms with Gasteiger partial charge in [0.05, 0.1) is 0 Å². The molecule has 1 saturated carbocycles. The van der Waals surface area contributed by atoms with Crippen LogP contribution >= 0.6 is 31.9 Å². The molecule has 1 aromatic rings. The Balaban J connectivity index is 2.19. The summed E-state index contributed by atoms with van der Waals surface area (Å²) < 4.78 is 1.85. The number of carbonyl (C=O) groups is 1. The molecule has 0 N–H and O–H groups in total. The van der Waals surface area contributed by atoms with Gasteiger partial charge >= 0.3 is 0 Å². The van der Waals surface area contributed by atoms with Crippen molar-refractivity contribution in [3.8, 4) is 0 Å². The predicted molar refractivity (Wildman–Crippen MR) is 71.6 cm³/mol. The van der Waals surface area contributed by atoms with Crippen LogP contribution in [0.25, 0.3) is 0 Å². The second-order valence-electron chi connectivity index (χ2n) is 4.16. The first-order valence-electron chi connectivity index (χ1n) is 5.31. The molecule has 0 spiro atoms. The normalized spacial score (nSPS) is 15.7. The van der Waals surface area contributed by atoms with Gasteiger partial charge in [-0.15, -0.1) is 0 Å². The standard InChI is InChI=1S/C12H13Br2NO/c1-15(11-3-2-4-11)12(16)8-5-9(13)7-10(14)6-8/h5-7,11H,2-4H2,1H3. The summed E-state index contributed by atoms with van der Waals surface area (Å²) in [5, 5.41) is 0. The summed E-state index contributed by atoms with van der Waals surface area (Å²) in [4.78, 5) is 14.0. The molecule has 0 aromatic heterocycles. The lowest BCUT2D eigenvalue weighted by Crippen LogP contribution is -2.41. The minimum absolute atomic E-state index is 0.103. The molecule has 86 valence electrons. The van der Waals surface area contributed by atoms with E-state index >= 15 is 0 Å². The second kappa shape index (κ2) is 4.88. The van der Waals surface area contributed by atoms with E-state index in [1.807, 2.05) is 30.1 Å². The summed E-state index contributed by atoms with van der Waals surface area (Å²) in [7, 11) is 1.89. The van der Waals surface area contributed by atoms with Crippen LogP contribution in [-0.4, -0.2) is 23.9 Å². The van der Waals surface area contributed by atoms with E-state index in [4.69, 9.17) is 0 Å². The zero-order chi connectivity index (χ0) is 11.7.